The predicted molar refractivity (Wildman–Crippen MR) is 113 cm³/mol. The lowest BCUT2D eigenvalue weighted by Crippen LogP contribution is -1.96. The van der Waals surface area contributed by atoms with Gasteiger partial charge in [0.1, 0.15) is 0 Å². The predicted octanol–water partition coefficient (Wildman–Crippen LogP) is 6.59. The molecule has 0 radical (unpaired) electrons. The molecule has 0 saturated carbocycles. The van der Waals surface area contributed by atoms with Gasteiger partial charge in [0.25, 0.3) is 5.69 Å². The minimum Gasteiger partial charge on any atom is -0.315 e. The molecule has 134 valence electrons. The number of aromatic nitrogens is 1. The van der Waals surface area contributed by atoms with Crippen LogP contribution in [-0.2, 0) is 0 Å². The number of para-hydroxylation sites is 1. The third-order valence-electron chi connectivity index (χ3n) is 4.92. The van der Waals surface area contributed by atoms with E-state index in [9.17, 15) is 10.1 Å². The number of nitrogens with zero attached hydrogens (tertiary/aromatic N) is 2. The molecule has 0 spiro atoms. The summed E-state index contributed by atoms with van der Waals surface area (Å²) in [5.41, 5.74) is 6.18. The Morgan fingerprint density at radius 2 is 1.70 bits per heavy atom. The van der Waals surface area contributed by atoms with Crippen LogP contribution >= 0.6 is 15.9 Å². The van der Waals surface area contributed by atoms with Crippen LogP contribution in [0.1, 0.15) is 11.1 Å². The van der Waals surface area contributed by atoms with E-state index in [-0.39, 0.29) is 10.6 Å². The maximum absolute atomic E-state index is 11.3. The largest absolute Gasteiger partial charge is 0.315 e. The molecule has 4 rings (SSSR count). The normalized spacial score (nSPS) is 11.1. The summed E-state index contributed by atoms with van der Waals surface area (Å²) in [4.78, 5) is 11.0. The van der Waals surface area contributed by atoms with Crippen molar-refractivity contribution in [1.29, 1.82) is 0 Å². The Hall–Kier alpha value is -2.92. The third kappa shape index (κ3) is 3.04. The number of nitro groups is 1. The van der Waals surface area contributed by atoms with Gasteiger partial charge >= 0.3 is 0 Å². The first-order valence-electron chi connectivity index (χ1n) is 8.58. The van der Waals surface area contributed by atoms with Crippen LogP contribution in [0.3, 0.4) is 0 Å². The zero-order chi connectivity index (χ0) is 19.1. The van der Waals surface area contributed by atoms with E-state index in [0.717, 1.165) is 26.6 Å². The molecule has 3 aromatic carbocycles. The summed E-state index contributed by atoms with van der Waals surface area (Å²) in [6, 6.07) is 19.1. The van der Waals surface area contributed by atoms with Crippen molar-refractivity contribution in [2.75, 3.05) is 0 Å². The summed E-state index contributed by atoms with van der Waals surface area (Å²) in [5, 5.41) is 12.4. The van der Waals surface area contributed by atoms with Crippen molar-refractivity contribution in [2.45, 2.75) is 13.8 Å². The summed E-state index contributed by atoms with van der Waals surface area (Å²) in [6.07, 6.45) is 2.03. The second kappa shape index (κ2) is 6.67. The van der Waals surface area contributed by atoms with E-state index in [1.807, 2.05) is 36.5 Å². The van der Waals surface area contributed by atoms with E-state index >= 15 is 0 Å². The van der Waals surface area contributed by atoms with Gasteiger partial charge in [-0.05, 0) is 82.9 Å². The quantitative estimate of drug-likeness (QED) is 0.277. The number of rotatable bonds is 3. The Kier molecular flexibility index (Phi) is 4.32. The molecule has 0 bridgehead atoms. The zero-order valence-corrected chi connectivity index (χ0v) is 16.5. The van der Waals surface area contributed by atoms with Gasteiger partial charge in [-0.3, -0.25) is 10.1 Å². The second-order valence-corrected chi connectivity index (χ2v) is 7.48. The zero-order valence-electron chi connectivity index (χ0n) is 14.9. The first-order chi connectivity index (χ1) is 13.0. The molecule has 0 unspecified atom stereocenters. The lowest BCUT2D eigenvalue weighted by Gasteiger charge is -2.12. The van der Waals surface area contributed by atoms with Crippen LogP contribution in [0.15, 0.2) is 71.3 Å². The van der Waals surface area contributed by atoms with Crippen LogP contribution in [0, 0.1) is 24.0 Å². The van der Waals surface area contributed by atoms with Crippen LogP contribution < -0.4 is 0 Å². The highest BCUT2D eigenvalue weighted by Crippen LogP contribution is 2.34. The number of hydrogen-bond acceptors (Lipinski definition) is 2. The summed E-state index contributed by atoms with van der Waals surface area (Å²) in [6.45, 7) is 4.19. The van der Waals surface area contributed by atoms with Crippen molar-refractivity contribution in [3.05, 3.63) is 92.6 Å². The summed E-state index contributed by atoms with van der Waals surface area (Å²) >= 11 is 3.67. The van der Waals surface area contributed by atoms with Crippen molar-refractivity contribution < 1.29 is 4.92 Å². The molecule has 0 aliphatic rings. The fraction of sp³-hybridized carbons (Fsp3) is 0.0909. The molecule has 4 nitrogen and oxygen atoms in total. The smallest absolute Gasteiger partial charge is 0.277 e. The van der Waals surface area contributed by atoms with Crippen molar-refractivity contribution >= 4 is 32.5 Å². The van der Waals surface area contributed by atoms with Gasteiger partial charge in [-0.1, -0.05) is 18.2 Å². The Morgan fingerprint density at radius 3 is 2.48 bits per heavy atom. The lowest BCUT2D eigenvalue weighted by molar-refractivity contribution is -0.384. The van der Waals surface area contributed by atoms with Crippen molar-refractivity contribution in [2.24, 2.45) is 0 Å². The highest BCUT2D eigenvalue weighted by molar-refractivity contribution is 9.10. The van der Waals surface area contributed by atoms with E-state index in [1.165, 1.54) is 17.2 Å². The fourth-order valence-electron chi connectivity index (χ4n) is 3.35. The minimum atomic E-state index is -0.336. The minimum absolute atomic E-state index is 0.119. The highest BCUT2D eigenvalue weighted by atomic mass is 79.9. The Balaban J connectivity index is 1.86. The molecular weight excluding hydrogens is 404 g/mol. The van der Waals surface area contributed by atoms with Crippen LogP contribution in [0.25, 0.3) is 27.7 Å². The number of halogens is 1. The maximum Gasteiger partial charge on any atom is 0.277 e. The fourth-order valence-corrected chi connectivity index (χ4v) is 4.00. The third-order valence-corrected chi connectivity index (χ3v) is 5.56. The van der Waals surface area contributed by atoms with Gasteiger partial charge < -0.3 is 4.57 Å². The van der Waals surface area contributed by atoms with Crippen molar-refractivity contribution in [1.82, 2.24) is 4.57 Å². The number of aryl methyl sites for hydroxylation is 2. The van der Waals surface area contributed by atoms with Crippen molar-refractivity contribution in [3.63, 3.8) is 0 Å². The average Bonchev–Trinajstić information content (AvgIpc) is 3.07. The molecule has 0 fully saturated rings. The van der Waals surface area contributed by atoms with E-state index in [2.05, 4.69) is 46.5 Å². The molecule has 1 heterocycles. The maximum atomic E-state index is 11.3. The van der Waals surface area contributed by atoms with Crippen LogP contribution in [-0.4, -0.2) is 9.49 Å². The van der Waals surface area contributed by atoms with E-state index in [1.54, 1.807) is 12.1 Å². The van der Waals surface area contributed by atoms with Gasteiger partial charge in [0.15, 0.2) is 0 Å². The highest BCUT2D eigenvalue weighted by Gasteiger charge is 2.15. The average molecular weight is 421 g/mol. The van der Waals surface area contributed by atoms with Crippen LogP contribution in [0.5, 0.6) is 0 Å². The standard InChI is InChI=1S/C22H17BrN2O2/c1-14-11-19(23)22(12-15(14)2)24-10-9-17-13-16(7-8-20(17)24)18-5-3-4-6-21(18)25(26)27/h3-13H,1-2H3. The second-order valence-electron chi connectivity index (χ2n) is 6.62. The lowest BCUT2D eigenvalue weighted by atomic mass is 10.0. The Morgan fingerprint density at radius 1 is 0.963 bits per heavy atom. The molecule has 0 atom stereocenters. The summed E-state index contributed by atoms with van der Waals surface area (Å²) < 4.78 is 3.17. The Bertz CT molecular complexity index is 1190. The number of hydrogen-bond donors (Lipinski definition) is 0. The molecule has 0 aliphatic heterocycles. The molecule has 5 heteroatoms. The SMILES string of the molecule is Cc1cc(Br)c(-n2ccc3cc(-c4ccccc4[N+](=O)[O-])ccc32)cc1C. The number of benzene rings is 3. The molecule has 0 N–H and O–H groups in total. The van der Waals surface area contributed by atoms with Gasteiger partial charge in [-0.15, -0.1) is 0 Å². The van der Waals surface area contributed by atoms with Crippen LogP contribution in [0.2, 0.25) is 0 Å². The van der Waals surface area contributed by atoms with Gasteiger partial charge in [-0.2, -0.15) is 0 Å². The first kappa shape index (κ1) is 17.5. The van der Waals surface area contributed by atoms with Gasteiger partial charge in [0.05, 0.1) is 21.7 Å². The van der Waals surface area contributed by atoms with E-state index in [4.69, 9.17) is 0 Å². The molecular formula is C22H17BrN2O2. The van der Waals surface area contributed by atoms with Crippen molar-refractivity contribution in [3.8, 4) is 16.8 Å². The first-order valence-corrected chi connectivity index (χ1v) is 9.37. The van der Waals surface area contributed by atoms with Gasteiger partial charge in [0, 0.05) is 22.1 Å². The number of fused-ring (bicyclic) bond motifs is 1. The van der Waals surface area contributed by atoms with Gasteiger partial charge in [0.2, 0.25) is 0 Å². The molecule has 0 aliphatic carbocycles. The molecule has 27 heavy (non-hydrogen) atoms. The number of nitro benzene ring substituents is 1. The molecule has 0 saturated heterocycles. The Labute approximate surface area is 165 Å². The van der Waals surface area contributed by atoms with E-state index < -0.39 is 0 Å². The molecule has 4 aromatic rings. The monoisotopic (exact) mass is 420 g/mol. The topological polar surface area (TPSA) is 48.1 Å². The summed E-state index contributed by atoms with van der Waals surface area (Å²) in [7, 11) is 0. The van der Waals surface area contributed by atoms with E-state index in [0.29, 0.717) is 5.56 Å². The van der Waals surface area contributed by atoms with Gasteiger partial charge in [-0.25, -0.2) is 0 Å². The van der Waals surface area contributed by atoms with Crippen LogP contribution in [0.4, 0.5) is 5.69 Å². The molecule has 1 aromatic heterocycles. The summed E-state index contributed by atoms with van der Waals surface area (Å²) in [5.74, 6) is 0. The molecule has 0 amide bonds.